The first-order valence-electron chi connectivity index (χ1n) is 8.70. The molecule has 4 aromatic rings. The maximum absolute atomic E-state index is 4.85. The molecule has 0 aliphatic rings. The first-order chi connectivity index (χ1) is 12.5. The number of aromatic nitrogens is 5. The summed E-state index contributed by atoms with van der Waals surface area (Å²) in [5.74, 6) is 0.918. The normalized spacial score (nSPS) is 12.5. The van der Waals surface area contributed by atoms with Crippen molar-refractivity contribution in [1.29, 1.82) is 0 Å². The Balaban J connectivity index is 1.83. The van der Waals surface area contributed by atoms with Crippen LogP contribution >= 0.6 is 0 Å². The van der Waals surface area contributed by atoms with Crippen molar-refractivity contribution in [3.05, 3.63) is 65.6 Å². The first-order valence-corrected chi connectivity index (χ1v) is 8.70. The monoisotopic (exact) mass is 346 g/mol. The lowest BCUT2D eigenvalue weighted by atomic mass is 10.1. The smallest absolute Gasteiger partial charge is 0.161 e. The minimum atomic E-state index is 0.0998. The van der Waals surface area contributed by atoms with Crippen molar-refractivity contribution < 1.29 is 0 Å². The second-order valence-corrected chi connectivity index (χ2v) is 6.65. The topological polar surface area (TPSA) is 60.0 Å². The first kappa shape index (κ1) is 16.3. The molecule has 0 spiro atoms. The fourth-order valence-corrected chi connectivity index (χ4v) is 3.06. The van der Waals surface area contributed by atoms with Crippen LogP contribution in [0.4, 0.5) is 5.82 Å². The molecule has 26 heavy (non-hydrogen) atoms. The Hall–Kier alpha value is -3.15. The molecule has 3 heterocycles. The number of aryl methyl sites for hydroxylation is 3. The highest BCUT2D eigenvalue weighted by molar-refractivity contribution is 5.68. The van der Waals surface area contributed by atoms with Gasteiger partial charge >= 0.3 is 0 Å². The molecule has 0 aliphatic heterocycles. The molecule has 1 N–H and O–H groups in total. The summed E-state index contributed by atoms with van der Waals surface area (Å²) in [6, 6.07) is 12.4. The van der Waals surface area contributed by atoms with E-state index >= 15 is 0 Å². The summed E-state index contributed by atoms with van der Waals surface area (Å²) < 4.78 is 3.71. The largest absolute Gasteiger partial charge is 0.363 e. The molecule has 0 fully saturated rings. The third kappa shape index (κ3) is 2.83. The molecule has 132 valence electrons. The molecule has 0 saturated carbocycles. The molecule has 0 saturated heterocycles. The molecular weight excluding hydrogens is 324 g/mol. The van der Waals surface area contributed by atoms with Gasteiger partial charge in [0.2, 0.25) is 0 Å². The predicted molar refractivity (Wildman–Crippen MR) is 103 cm³/mol. The summed E-state index contributed by atoms with van der Waals surface area (Å²) in [4.78, 5) is 4.85. The highest BCUT2D eigenvalue weighted by Crippen LogP contribution is 2.27. The van der Waals surface area contributed by atoms with Gasteiger partial charge in [-0.15, -0.1) is 0 Å². The van der Waals surface area contributed by atoms with E-state index in [1.807, 2.05) is 53.8 Å². The van der Waals surface area contributed by atoms with Gasteiger partial charge in [-0.1, -0.05) is 30.3 Å². The average Bonchev–Trinajstić information content (AvgIpc) is 3.20. The zero-order chi connectivity index (χ0) is 18.3. The molecule has 0 bridgehead atoms. The minimum Gasteiger partial charge on any atom is -0.363 e. The maximum Gasteiger partial charge on any atom is 0.161 e. The van der Waals surface area contributed by atoms with E-state index in [9.17, 15) is 0 Å². The molecule has 0 radical (unpaired) electrons. The van der Waals surface area contributed by atoms with Gasteiger partial charge < -0.3 is 5.32 Å². The van der Waals surface area contributed by atoms with Gasteiger partial charge in [-0.3, -0.25) is 4.68 Å². The Morgan fingerprint density at radius 2 is 1.88 bits per heavy atom. The summed E-state index contributed by atoms with van der Waals surface area (Å²) in [7, 11) is 1.93. The van der Waals surface area contributed by atoms with Crippen molar-refractivity contribution in [2.24, 2.45) is 7.05 Å². The van der Waals surface area contributed by atoms with Crippen LogP contribution in [0.3, 0.4) is 0 Å². The van der Waals surface area contributed by atoms with E-state index in [0.717, 1.165) is 39.5 Å². The molecule has 6 heteroatoms. The minimum absolute atomic E-state index is 0.0998. The third-order valence-electron chi connectivity index (χ3n) is 4.72. The quantitative estimate of drug-likeness (QED) is 0.608. The Kier molecular flexibility index (Phi) is 3.95. The van der Waals surface area contributed by atoms with E-state index in [0.29, 0.717) is 0 Å². The van der Waals surface area contributed by atoms with Gasteiger partial charge in [0.1, 0.15) is 5.82 Å². The summed E-state index contributed by atoms with van der Waals surface area (Å²) in [5.41, 5.74) is 6.11. The van der Waals surface area contributed by atoms with Crippen LogP contribution in [0, 0.1) is 13.8 Å². The standard InChI is InChI=1S/C20H22N6/c1-13-14(2)24-26-19(22-15(3)17-11-21-25(4)12-17)10-18(23-20(13)26)16-8-6-5-7-9-16/h5-12,15,22H,1-4H3/t15-/m0/s1. The van der Waals surface area contributed by atoms with Crippen LogP contribution in [-0.2, 0) is 7.05 Å². The molecule has 0 aliphatic carbocycles. The summed E-state index contributed by atoms with van der Waals surface area (Å²) in [6.07, 6.45) is 3.90. The van der Waals surface area contributed by atoms with E-state index in [1.165, 1.54) is 0 Å². The van der Waals surface area contributed by atoms with Gasteiger partial charge in [0.05, 0.1) is 23.6 Å². The van der Waals surface area contributed by atoms with Crippen molar-refractivity contribution in [3.8, 4) is 11.3 Å². The number of hydrogen-bond donors (Lipinski definition) is 1. The van der Waals surface area contributed by atoms with Crippen LogP contribution in [0.2, 0.25) is 0 Å². The highest BCUT2D eigenvalue weighted by atomic mass is 15.3. The van der Waals surface area contributed by atoms with E-state index < -0.39 is 0 Å². The van der Waals surface area contributed by atoms with Gasteiger partial charge in [0, 0.05) is 36.0 Å². The Bertz CT molecular complexity index is 1060. The lowest BCUT2D eigenvalue weighted by Gasteiger charge is -2.16. The lowest BCUT2D eigenvalue weighted by Crippen LogP contribution is -2.11. The van der Waals surface area contributed by atoms with E-state index in [4.69, 9.17) is 4.98 Å². The Labute approximate surface area is 152 Å². The second kappa shape index (κ2) is 6.29. The number of fused-ring (bicyclic) bond motifs is 1. The van der Waals surface area contributed by atoms with Crippen molar-refractivity contribution in [2.75, 3.05) is 5.32 Å². The van der Waals surface area contributed by atoms with E-state index in [2.05, 4.69) is 47.6 Å². The molecule has 1 atom stereocenters. The van der Waals surface area contributed by atoms with Crippen molar-refractivity contribution in [1.82, 2.24) is 24.4 Å². The van der Waals surface area contributed by atoms with Crippen LogP contribution in [0.5, 0.6) is 0 Å². The zero-order valence-electron chi connectivity index (χ0n) is 15.4. The van der Waals surface area contributed by atoms with E-state index in [1.54, 1.807) is 0 Å². The molecule has 0 unspecified atom stereocenters. The van der Waals surface area contributed by atoms with Crippen molar-refractivity contribution in [3.63, 3.8) is 0 Å². The van der Waals surface area contributed by atoms with Crippen molar-refractivity contribution in [2.45, 2.75) is 26.8 Å². The highest BCUT2D eigenvalue weighted by Gasteiger charge is 2.16. The van der Waals surface area contributed by atoms with Gasteiger partial charge in [0.15, 0.2) is 5.65 Å². The number of nitrogens with one attached hydrogen (secondary N) is 1. The number of benzene rings is 1. The van der Waals surface area contributed by atoms with Crippen LogP contribution in [-0.4, -0.2) is 24.4 Å². The maximum atomic E-state index is 4.85. The predicted octanol–water partition coefficient (Wildman–Crippen LogP) is 3.92. The molecular formula is C20H22N6. The molecule has 3 aromatic heterocycles. The Morgan fingerprint density at radius 3 is 2.58 bits per heavy atom. The summed E-state index contributed by atoms with van der Waals surface area (Å²) in [6.45, 7) is 6.20. The lowest BCUT2D eigenvalue weighted by molar-refractivity contribution is 0.764. The summed E-state index contributed by atoms with van der Waals surface area (Å²) >= 11 is 0. The zero-order valence-corrected chi connectivity index (χ0v) is 15.4. The molecule has 6 nitrogen and oxygen atoms in total. The molecule has 4 rings (SSSR count). The van der Waals surface area contributed by atoms with Gasteiger partial charge in [-0.25, -0.2) is 4.98 Å². The summed E-state index contributed by atoms with van der Waals surface area (Å²) in [5, 5.41) is 12.5. The average molecular weight is 346 g/mol. The van der Waals surface area contributed by atoms with E-state index in [-0.39, 0.29) is 6.04 Å². The van der Waals surface area contributed by atoms with Crippen LogP contribution in [0.1, 0.15) is 29.8 Å². The SMILES string of the molecule is Cc1nn2c(N[C@@H](C)c3cnn(C)c3)cc(-c3ccccc3)nc2c1C. The van der Waals surface area contributed by atoms with Crippen LogP contribution < -0.4 is 5.32 Å². The second-order valence-electron chi connectivity index (χ2n) is 6.65. The van der Waals surface area contributed by atoms with Gasteiger partial charge in [-0.05, 0) is 20.8 Å². The third-order valence-corrected chi connectivity index (χ3v) is 4.72. The van der Waals surface area contributed by atoms with Crippen LogP contribution in [0.25, 0.3) is 16.9 Å². The van der Waals surface area contributed by atoms with Crippen molar-refractivity contribution >= 4 is 11.5 Å². The number of nitrogens with zero attached hydrogens (tertiary/aromatic N) is 5. The molecule has 0 amide bonds. The number of rotatable bonds is 4. The fraction of sp³-hybridized carbons (Fsp3) is 0.250. The molecule has 1 aromatic carbocycles. The van der Waals surface area contributed by atoms with Gasteiger partial charge in [-0.2, -0.15) is 14.7 Å². The number of hydrogen-bond acceptors (Lipinski definition) is 4. The number of anilines is 1. The Morgan fingerprint density at radius 1 is 1.12 bits per heavy atom. The van der Waals surface area contributed by atoms with Crippen LogP contribution in [0.15, 0.2) is 48.8 Å². The fourth-order valence-electron chi connectivity index (χ4n) is 3.06. The van der Waals surface area contributed by atoms with Gasteiger partial charge in [0.25, 0.3) is 0 Å².